The van der Waals surface area contributed by atoms with Crippen molar-refractivity contribution in [2.24, 2.45) is 5.73 Å². The molecule has 0 unspecified atom stereocenters. The van der Waals surface area contributed by atoms with E-state index in [1.54, 1.807) is 0 Å². The Balaban J connectivity index is 2.97. The van der Waals surface area contributed by atoms with Crippen LogP contribution in [0, 0.1) is 13.8 Å². The van der Waals surface area contributed by atoms with Gasteiger partial charge in [0, 0.05) is 6.54 Å². The first-order valence-corrected chi connectivity index (χ1v) is 4.18. The van der Waals surface area contributed by atoms with E-state index in [1.807, 2.05) is 6.08 Å². The number of aryl methyl sites for hydroxylation is 2. The molecule has 0 amide bonds. The molecule has 0 atom stereocenters. The molecule has 0 bridgehead atoms. The van der Waals surface area contributed by atoms with Gasteiger partial charge in [-0.05, 0) is 25.0 Å². The number of hydrogen-bond acceptors (Lipinski definition) is 1. The summed E-state index contributed by atoms with van der Waals surface area (Å²) in [6.07, 6.45) is 4.05. The molecule has 0 aliphatic rings. The van der Waals surface area contributed by atoms with E-state index < -0.39 is 0 Å². The minimum Gasteiger partial charge on any atom is -0.327 e. The summed E-state index contributed by atoms with van der Waals surface area (Å²) in [5, 5.41) is 0. The quantitative estimate of drug-likeness (QED) is 0.707. The zero-order valence-electron chi connectivity index (χ0n) is 7.67. The maximum atomic E-state index is 5.38. The summed E-state index contributed by atoms with van der Waals surface area (Å²) in [5.74, 6) is 0. The average Bonchev–Trinajstić information content (AvgIpc) is 2.07. The van der Waals surface area contributed by atoms with Crippen LogP contribution in [0.1, 0.15) is 16.7 Å². The summed E-state index contributed by atoms with van der Waals surface area (Å²) < 4.78 is 0. The normalized spacial score (nSPS) is 10.9. The van der Waals surface area contributed by atoms with Gasteiger partial charge in [-0.3, -0.25) is 0 Å². The highest BCUT2D eigenvalue weighted by Crippen LogP contribution is 2.11. The SMILES string of the molecule is Cc1ccc(C)c(C=CCN)c1. The van der Waals surface area contributed by atoms with Gasteiger partial charge in [-0.15, -0.1) is 0 Å². The molecule has 0 fully saturated rings. The summed E-state index contributed by atoms with van der Waals surface area (Å²) in [4.78, 5) is 0. The van der Waals surface area contributed by atoms with E-state index >= 15 is 0 Å². The Bertz CT molecular complexity index is 287. The van der Waals surface area contributed by atoms with Crippen LogP contribution in [0.3, 0.4) is 0 Å². The third-order valence-corrected chi connectivity index (χ3v) is 1.87. The molecule has 0 radical (unpaired) electrons. The van der Waals surface area contributed by atoms with Crippen LogP contribution in [0.4, 0.5) is 0 Å². The second kappa shape index (κ2) is 4.07. The van der Waals surface area contributed by atoms with Crippen molar-refractivity contribution in [2.75, 3.05) is 6.54 Å². The largest absolute Gasteiger partial charge is 0.327 e. The number of hydrogen-bond donors (Lipinski definition) is 1. The van der Waals surface area contributed by atoms with Crippen molar-refractivity contribution in [3.63, 3.8) is 0 Å². The average molecular weight is 161 g/mol. The number of rotatable bonds is 2. The van der Waals surface area contributed by atoms with Gasteiger partial charge in [0.25, 0.3) is 0 Å². The Labute approximate surface area is 73.9 Å². The van der Waals surface area contributed by atoms with Crippen LogP contribution in [0.5, 0.6) is 0 Å². The smallest absolute Gasteiger partial charge is 0.0110 e. The first-order valence-electron chi connectivity index (χ1n) is 4.18. The highest BCUT2D eigenvalue weighted by Gasteiger charge is 1.92. The van der Waals surface area contributed by atoms with Gasteiger partial charge in [0.1, 0.15) is 0 Å². The molecule has 1 rings (SSSR count). The fourth-order valence-electron chi connectivity index (χ4n) is 1.13. The molecule has 0 heterocycles. The van der Waals surface area contributed by atoms with Gasteiger partial charge in [0.2, 0.25) is 0 Å². The van der Waals surface area contributed by atoms with Gasteiger partial charge in [-0.1, -0.05) is 35.9 Å². The molecule has 2 N–H and O–H groups in total. The van der Waals surface area contributed by atoms with Crippen LogP contribution in [-0.2, 0) is 0 Å². The van der Waals surface area contributed by atoms with Gasteiger partial charge in [-0.25, -0.2) is 0 Å². The van der Waals surface area contributed by atoms with Gasteiger partial charge in [0.15, 0.2) is 0 Å². The predicted octanol–water partition coefficient (Wildman–Crippen LogP) is 2.28. The Morgan fingerprint density at radius 3 is 2.75 bits per heavy atom. The second-order valence-electron chi connectivity index (χ2n) is 3.00. The third kappa shape index (κ3) is 2.21. The lowest BCUT2D eigenvalue weighted by molar-refractivity contribution is 1.26. The van der Waals surface area contributed by atoms with Crippen LogP contribution in [0.2, 0.25) is 0 Å². The first kappa shape index (κ1) is 9.01. The summed E-state index contributed by atoms with van der Waals surface area (Å²) in [5.41, 5.74) is 9.23. The van der Waals surface area contributed by atoms with Gasteiger partial charge in [0.05, 0.1) is 0 Å². The monoisotopic (exact) mass is 161 g/mol. The lowest BCUT2D eigenvalue weighted by Gasteiger charge is -2.00. The molecule has 1 nitrogen and oxygen atoms in total. The third-order valence-electron chi connectivity index (χ3n) is 1.87. The van der Waals surface area contributed by atoms with Crippen molar-refractivity contribution < 1.29 is 0 Å². The van der Waals surface area contributed by atoms with Crippen LogP contribution >= 0.6 is 0 Å². The Kier molecular flexibility index (Phi) is 3.06. The molecule has 1 aromatic carbocycles. The Morgan fingerprint density at radius 2 is 2.08 bits per heavy atom. The zero-order chi connectivity index (χ0) is 8.97. The maximum absolute atomic E-state index is 5.38. The Morgan fingerprint density at radius 1 is 1.33 bits per heavy atom. The van der Waals surface area contributed by atoms with Crippen molar-refractivity contribution in [3.8, 4) is 0 Å². The standard InChI is InChI=1S/C11H15N/c1-9-5-6-10(2)11(8-9)4-3-7-12/h3-6,8H,7,12H2,1-2H3. The molecule has 0 aliphatic carbocycles. The molecular weight excluding hydrogens is 146 g/mol. The lowest BCUT2D eigenvalue weighted by atomic mass is 10.1. The van der Waals surface area contributed by atoms with Crippen molar-refractivity contribution in [2.45, 2.75) is 13.8 Å². The number of benzene rings is 1. The van der Waals surface area contributed by atoms with Crippen molar-refractivity contribution in [3.05, 3.63) is 41.0 Å². The van der Waals surface area contributed by atoms with Crippen LogP contribution in [0.15, 0.2) is 24.3 Å². The highest BCUT2D eigenvalue weighted by molar-refractivity contribution is 5.54. The van der Waals surface area contributed by atoms with E-state index in [-0.39, 0.29) is 0 Å². The van der Waals surface area contributed by atoms with E-state index in [2.05, 4.69) is 38.1 Å². The fraction of sp³-hybridized carbons (Fsp3) is 0.273. The predicted molar refractivity (Wildman–Crippen MR) is 54.0 cm³/mol. The van der Waals surface area contributed by atoms with E-state index in [1.165, 1.54) is 16.7 Å². The minimum atomic E-state index is 0.605. The summed E-state index contributed by atoms with van der Waals surface area (Å²) in [6, 6.07) is 6.42. The summed E-state index contributed by atoms with van der Waals surface area (Å²) in [7, 11) is 0. The highest BCUT2D eigenvalue weighted by atomic mass is 14.5. The lowest BCUT2D eigenvalue weighted by Crippen LogP contribution is -1.92. The van der Waals surface area contributed by atoms with Crippen molar-refractivity contribution in [1.82, 2.24) is 0 Å². The number of nitrogens with two attached hydrogens (primary N) is 1. The van der Waals surface area contributed by atoms with Crippen LogP contribution in [0.25, 0.3) is 6.08 Å². The Hall–Kier alpha value is -1.08. The first-order chi connectivity index (χ1) is 5.74. The van der Waals surface area contributed by atoms with E-state index in [9.17, 15) is 0 Å². The molecular formula is C11H15N. The molecule has 0 aliphatic heterocycles. The van der Waals surface area contributed by atoms with Crippen molar-refractivity contribution in [1.29, 1.82) is 0 Å². The fourth-order valence-corrected chi connectivity index (χ4v) is 1.13. The topological polar surface area (TPSA) is 26.0 Å². The van der Waals surface area contributed by atoms with Gasteiger partial charge >= 0.3 is 0 Å². The van der Waals surface area contributed by atoms with E-state index in [0.29, 0.717) is 6.54 Å². The molecule has 0 aromatic heterocycles. The molecule has 1 aromatic rings. The van der Waals surface area contributed by atoms with Crippen LogP contribution < -0.4 is 5.73 Å². The second-order valence-corrected chi connectivity index (χ2v) is 3.00. The molecule has 64 valence electrons. The van der Waals surface area contributed by atoms with E-state index in [4.69, 9.17) is 5.73 Å². The maximum Gasteiger partial charge on any atom is 0.0110 e. The molecule has 0 saturated heterocycles. The molecule has 1 heteroatoms. The summed E-state index contributed by atoms with van der Waals surface area (Å²) in [6.45, 7) is 4.81. The minimum absolute atomic E-state index is 0.605. The van der Waals surface area contributed by atoms with Gasteiger partial charge < -0.3 is 5.73 Å². The zero-order valence-corrected chi connectivity index (χ0v) is 7.67. The molecule has 0 saturated carbocycles. The van der Waals surface area contributed by atoms with E-state index in [0.717, 1.165) is 0 Å². The van der Waals surface area contributed by atoms with Gasteiger partial charge in [-0.2, -0.15) is 0 Å². The summed E-state index contributed by atoms with van der Waals surface area (Å²) >= 11 is 0. The molecule has 12 heavy (non-hydrogen) atoms. The molecule has 0 spiro atoms. The van der Waals surface area contributed by atoms with Crippen LogP contribution in [-0.4, -0.2) is 6.54 Å². The van der Waals surface area contributed by atoms with Crippen molar-refractivity contribution >= 4 is 6.08 Å².